The lowest BCUT2D eigenvalue weighted by molar-refractivity contribution is -0.101. The van der Waals surface area contributed by atoms with Crippen LogP contribution in [0, 0.1) is 0 Å². The fourth-order valence-electron chi connectivity index (χ4n) is 1.76. The predicted octanol–water partition coefficient (Wildman–Crippen LogP) is 1.30. The molecule has 0 spiro atoms. The van der Waals surface area contributed by atoms with E-state index in [9.17, 15) is 15.3 Å². The molecule has 0 saturated heterocycles. The van der Waals surface area contributed by atoms with E-state index in [0.717, 1.165) is 19.3 Å². The summed E-state index contributed by atoms with van der Waals surface area (Å²) in [6, 6.07) is 0. The second-order valence-electron chi connectivity index (χ2n) is 4.46. The van der Waals surface area contributed by atoms with Gasteiger partial charge in [0.05, 0.1) is 6.10 Å². The maximum absolute atomic E-state index is 9.75. The minimum absolute atomic E-state index is 0.321. The molecule has 4 nitrogen and oxygen atoms in total. The zero-order chi connectivity index (χ0) is 12.6. The zero-order valence-corrected chi connectivity index (χ0v) is 10.8. The summed E-state index contributed by atoms with van der Waals surface area (Å²) in [4.78, 5) is 1.48. The van der Waals surface area contributed by atoms with Crippen molar-refractivity contribution in [2.24, 2.45) is 0 Å². The molecule has 0 aromatic heterocycles. The first-order chi connectivity index (χ1) is 7.49. The van der Waals surface area contributed by atoms with E-state index in [4.69, 9.17) is 0 Å². The third-order valence-electron chi connectivity index (χ3n) is 2.77. The summed E-state index contributed by atoms with van der Waals surface area (Å²) in [5.74, 6) is 0. The van der Waals surface area contributed by atoms with Gasteiger partial charge < -0.3 is 15.3 Å². The molecule has 4 heteroatoms. The molecule has 0 saturated carbocycles. The SMILES string of the molecule is CCCCCCC(O)CN(C(C)O)C(C)O. The zero-order valence-electron chi connectivity index (χ0n) is 10.8. The molecule has 0 radical (unpaired) electrons. The Hall–Kier alpha value is -0.160. The van der Waals surface area contributed by atoms with Crippen molar-refractivity contribution in [1.82, 2.24) is 4.90 Å². The van der Waals surface area contributed by atoms with E-state index < -0.39 is 18.6 Å². The lowest BCUT2D eigenvalue weighted by Gasteiger charge is -2.30. The van der Waals surface area contributed by atoms with Gasteiger partial charge in [0.1, 0.15) is 12.5 Å². The van der Waals surface area contributed by atoms with E-state index in [1.54, 1.807) is 13.8 Å². The largest absolute Gasteiger partial charge is 0.392 e. The molecule has 0 rings (SSSR count). The number of aliphatic hydroxyl groups is 3. The Labute approximate surface area is 98.9 Å². The standard InChI is InChI=1S/C12H27NO3/c1-4-5-6-7-8-12(16)9-13(10(2)14)11(3)15/h10-12,14-16H,4-9H2,1-3H3. The third-order valence-corrected chi connectivity index (χ3v) is 2.77. The molecular formula is C12H27NO3. The van der Waals surface area contributed by atoms with Crippen molar-refractivity contribution >= 4 is 0 Å². The van der Waals surface area contributed by atoms with Gasteiger partial charge in [-0.15, -0.1) is 0 Å². The Morgan fingerprint density at radius 1 is 0.938 bits per heavy atom. The molecule has 0 aliphatic rings. The highest BCUT2D eigenvalue weighted by Crippen LogP contribution is 2.09. The summed E-state index contributed by atoms with van der Waals surface area (Å²) in [5, 5.41) is 28.5. The normalized spacial score (nSPS) is 17.4. The smallest absolute Gasteiger partial charge is 0.106 e. The van der Waals surface area contributed by atoms with Crippen LogP contribution in [0.5, 0.6) is 0 Å². The summed E-state index contributed by atoms with van der Waals surface area (Å²) in [6.45, 7) is 5.66. The molecule has 0 aliphatic carbocycles. The molecule has 3 N–H and O–H groups in total. The number of hydrogen-bond acceptors (Lipinski definition) is 4. The first-order valence-electron chi connectivity index (χ1n) is 6.29. The van der Waals surface area contributed by atoms with Gasteiger partial charge in [-0.3, -0.25) is 4.90 Å². The lowest BCUT2D eigenvalue weighted by atomic mass is 10.1. The third kappa shape index (κ3) is 7.17. The second kappa shape index (κ2) is 8.93. The van der Waals surface area contributed by atoms with E-state index in [0.29, 0.717) is 6.54 Å². The van der Waals surface area contributed by atoms with Gasteiger partial charge in [-0.1, -0.05) is 32.6 Å². The van der Waals surface area contributed by atoms with Gasteiger partial charge in [0.25, 0.3) is 0 Å². The quantitative estimate of drug-likeness (QED) is 0.415. The molecular weight excluding hydrogens is 206 g/mol. The van der Waals surface area contributed by atoms with Crippen LogP contribution in [0.15, 0.2) is 0 Å². The summed E-state index contributed by atoms with van der Waals surface area (Å²) < 4.78 is 0. The van der Waals surface area contributed by atoms with Gasteiger partial charge in [0.15, 0.2) is 0 Å². The van der Waals surface area contributed by atoms with Crippen molar-refractivity contribution in [3.05, 3.63) is 0 Å². The van der Waals surface area contributed by atoms with Crippen molar-refractivity contribution in [3.8, 4) is 0 Å². The topological polar surface area (TPSA) is 63.9 Å². The summed E-state index contributed by atoms with van der Waals surface area (Å²) in [7, 11) is 0. The minimum atomic E-state index is -0.731. The highest BCUT2D eigenvalue weighted by Gasteiger charge is 2.19. The molecule has 16 heavy (non-hydrogen) atoms. The molecule has 98 valence electrons. The Balaban J connectivity index is 3.78. The van der Waals surface area contributed by atoms with Crippen LogP contribution in [0.4, 0.5) is 0 Å². The van der Waals surface area contributed by atoms with Crippen LogP contribution in [-0.2, 0) is 0 Å². The summed E-state index contributed by atoms with van der Waals surface area (Å²) in [5.41, 5.74) is 0. The Bertz CT molecular complexity index is 154. The highest BCUT2D eigenvalue weighted by molar-refractivity contribution is 4.66. The Kier molecular flexibility index (Phi) is 8.84. The van der Waals surface area contributed by atoms with Gasteiger partial charge in [-0.05, 0) is 20.3 Å². The minimum Gasteiger partial charge on any atom is -0.392 e. The first-order valence-corrected chi connectivity index (χ1v) is 6.29. The van der Waals surface area contributed by atoms with E-state index >= 15 is 0 Å². The molecule has 0 fully saturated rings. The van der Waals surface area contributed by atoms with Crippen molar-refractivity contribution in [1.29, 1.82) is 0 Å². The molecule has 3 unspecified atom stereocenters. The Morgan fingerprint density at radius 2 is 1.50 bits per heavy atom. The van der Waals surface area contributed by atoms with Crippen LogP contribution in [0.1, 0.15) is 52.9 Å². The predicted molar refractivity (Wildman–Crippen MR) is 64.8 cm³/mol. The van der Waals surface area contributed by atoms with Crippen molar-refractivity contribution in [3.63, 3.8) is 0 Å². The molecule has 0 bridgehead atoms. The van der Waals surface area contributed by atoms with Crippen molar-refractivity contribution in [2.45, 2.75) is 71.4 Å². The maximum Gasteiger partial charge on any atom is 0.106 e. The molecule has 3 atom stereocenters. The molecule has 0 amide bonds. The van der Waals surface area contributed by atoms with Gasteiger partial charge >= 0.3 is 0 Å². The first kappa shape index (κ1) is 15.8. The molecule has 0 heterocycles. The number of hydrogen-bond donors (Lipinski definition) is 3. The summed E-state index contributed by atoms with van der Waals surface area (Å²) in [6.07, 6.45) is 3.32. The number of unbranched alkanes of at least 4 members (excludes halogenated alkanes) is 3. The number of rotatable bonds is 9. The van der Waals surface area contributed by atoms with E-state index in [2.05, 4.69) is 6.92 Å². The van der Waals surface area contributed by atoms with Crippen LogP contribution < -0.4 is 0 Å². The van der Waals surface area contributed by atoms with Gasteiger partial charge in [-0.25, -0.2) is 0 Å². The van der Waals surface area contributed by atoms with Gasteiger partial charge in [0.2, 0.25) is 0 Å². The van der Waals surface area contributed by atoms with Crippen LogP contribution in [-0.4, -0.2) is 45.3 Å². The van der Waals surface area contributed by atoms with E-state index in [1.807, 2.05) is 0 Å². The maximum atomic E-state index is 9.75. The van der Waals surface area contributed by atoms with Crippen LogP contribution in [0.2, 0.25) is 0 Å². The lowest BCUT2D eigenvalue weighted by Crippen LogP contribution is -2.44. The average Bonchev–Trinajstić information content (AvgIpc) is 2.20. The van der Waals surface area contributed by atoms with E-state index in [1.165, 1.54) is 17.7 Å². The summed E-state index contributed by atoms with van der Waals surface area (Å²) >= 11 is 0. The molecule has 0 aromatic carbocycles. The monoisotopic (exact) mass is 233 g/mol. The fourth-order valence-corrected chi connectivity index (χ4v) is 1.76. The highest BCUT2D eigenvalue weighted by atomic mass is 16.3. The number of nitrogens with zero attached hydrogens (tertiary/aromatic N) is 1. The average molecular weight is 233 g/mol. The Morgan fingerprint density at radius 3 is 1.94 bits per heavy atom. The van der Waals surface area contributed by atoms with Crippen molar-refractivity contribution in [2.75, 3.05) is 6.54 Å². The van der Waals surface area contributed by atoms with Gasteiger partial charge in [-0.2, -0.15) is 0 Å². The van der Waals surface area contributed by atoms with E-state index in [-0.39, 0.29) is 0 Å². The van der Waals surface area contributed by atoms with Gasteiger partial charge in [0, 0.05) is 6.54 Å². The fraction of sp³-hybridized carbons (Fsp3) is 1.00. The van der Waals surface area contributed by atoms with Crippen molar-refractivity contribution < 1.29 is 15.3 Å². The second-order valence-corrected chi connectivity index (χ2v) is 4.46. The molecule has 0 aliphatic heterocycles. The van der Waals surface area contributed by atoms with Crippen LogP contribution in [0.3, 0.4) is 0 Å². The van der Waals surface area contributed by atoms with Crippen LogP contribution in [0.25, 0.3) is 0 Å². The van der Waals surface area contributed by atoms with Crippen LogP contribution >= 0.6 is 0 Å². The molecule has 0 aromatic rings. The number of aliphatic hydroxyl groups excluding tert-OH is 3.